The van der Waals surface area contributed by atoms with Crippen LogP contribution in [0.1, 0.15) is 12.8 Å². The molecule has 7 nitrogen and oxygen atoms in total. The van der Waals surface area contributed by atoms with Gasteiger partial charge in [0.1, 0.15) is 0 Å². The second kappa shape index (κ2) is 9.32. The molecule has 25 heavy (non-hydrogen) atoms. The van der Waals surface area contributed by atoms with Crippen molar-refractivity contribution in [1.29, 1.82) is 0 Å². The first kappa shape index (κ1) is 21.4. The van der Waals surface area contributed by atoms with E-state index < -0.39 is 10.0 Å². The molecule has 4 unspecified atom stereocenters. The second-order valence-corrected chi connectivity index (χ2v) is 10.3. The molecular formula is C15H25ClIN3O4S. The molecule has 2 fully saturated rings. The number of hydrogen-bond acceptors (Lipinski definition) is 5. The number of nitrogens with one attached hydrogen (secondary N) is 1. The molecule has 1 aliphatic heterocycles. The van der Waals surface area contributed by atoms with Gasteiger partial charge in [0.05, 0.1) is 12.6 Å². The molecule has 10 heteroatoms. The van der Waals surface area contributed by atoms with Crippen molar-refractivity contribution in [1.82, 2.24) is 14.5 Å². The monoisotopic (exact) mass is 505 g/mol. The fraction of sp³-hybridized carbons (Fsp3) is 0.800. The lowest BCUT2D eigenvalue weighted by Gasteiger charge is -2.37. The molecule has 0 spiro atoms. The first-order valence-corrected chi connectivity index (χ1v) is 11.4. The molecule has 0 bridgehead atoms. The summed E-state index contributed by atoms with van der Waals surface area (Å²) in [7, 11) is -1.74. The number of rotatable bonds is 6. The normalized spacial score (nSPS) is 31.7. The highest BCUT2D eigenvalue weighted by Gasteiger charge is 2.35. The van der Waals surface area contributed by atoms with Crippen molar-refractivity contribution in [3.05, 3.63) is 12.0 Å². The molecule has 4 atom stereocenters. The maximum atomic E-state index is 12.4. The predicted octanol–water partition coefficient (Wildman–Crippen LogP) is 0.782. The minimum absolute atomic E-state index is 0.00380. The van der Waals surface area contributed by atoms with Crippen LogP contribution in [0.2, 0.25) is 0 Å². The molecule has 1 amide bonds. The number of alkyl halides is 2. The minimum Gasteiger partial charge on any atom is -0.380 e. The second-order valence-electron chi connectivity index (χ2n) is 6.26. The van der Waals surface area contributed by atoms with Crippen LogP contribution in [0.5, 0.6) is 0 Å². The summed E-state index contributed by atoms with van der Waals surface area (Å²) in [6, 6.07) is 0.0910. The Labute approximate surface area is 168 Å². The zero-order valence-electron chi connectivity index (χ0n) is 14.2. The summed E-state index contributed by atoms with van der Waals surface area (Å²) in [6.45, 7) is 4.93. The lowest BCUT2D eigenvalue weighted by atomic mass is 9.92. The lowest BCUT2D eigenvalue weighted by Crippen LogP contribution is -2.55. The number of amides is 1. The zero-order valence-corrected chi connectivity index (χ0v) is 18.0. The van der Waals surface area contributed by atoms with Gasteiger partial charge in [-0.2, -0.15) is 4.31 Å². The number of nitrogens with zero attached hydrogens (tertiary/aromatic N) is 2. The summed E-state index contributed by atoms with van der Waals surface area (Å²) in [4.78, 5) is 14.1. The number of hydrogen-bond donors (Lipinski definition) is 1. The smallest absolute Gasteiger partial charge is 0.236 e. The van der Waals surface area contributed by atoms with Gasteiger partial charge in [0, 0.05) is 54.0 Å². The summed E-state index contributed by atoms with van der Waals surface area (Å²) >= 11 is 8.65. The Kier molecular flexibility index (Phi) is 7.96. The summed E-state index contributed by atoms with van der Waals surface area (Å²) in [5, 5.41) is 4.33. The van der Waals surface area contributed by atoms with Crippen molar-refractivity contribution in [3.63, 3.8) is 0 Å². The van der Waals surface area contributed by atoms with E-state index in [1.807, 2.05) is 0 Å². The van der Waals surface area contributed by atoms with E-state index in [0.717, 1.165) is 18.2 Å². The highest BCUT2D eigenvalue weighted by molar-refractivity contribution is 14.1. The van der Waals surface area contributed by atoms with Gasteiger partial charge in [-0.25, -0.2) is 8.42 Å². The van der Waals surface area contributed by atoms with Gasteiger partial charge in [-0.3, -0.25) is 4.79 Å². The van der Waals surface area contributed by atoms with Gasteiger partial charge in [0.2, 0.25) is 15.9 Å². The third-order valence-electron chi connectivity index (χ3n) is 4.76. The summed E-state index contributed by atoms with van der Waals surface area (Å²) < 4.78 is 30.7. The standard InChI is InChI=1S/C15H25ClIN3O4S/c1-3-25(22,23)20-6-4-19(5-7-20)15(21)10-18-13-9-12(17)11(16)8-14(13)24-2/h3,11-14,18H,1,4-10H2,2H3. The quantitative estimate of drug-likeness (QED) is 0.426. The van der Waals surface area contributed by atoms with Crippen LogP contribution in [0, 0.1) is 0 Å². The topological polar surface area (TPSA) is 79.0 Å². The molecule has 1 N–H and O–H groups in total. The summed E-state index contributed by atoms with van der Waals surface area (Å²) in [6.07, 6.45) is 1.61. The molecule has 0 aromatic heterocycles. The molecule has 1 aliphatic carbocycles. The third kappa shape index (κ3) is 5.52. The maximum Gasteiger partial charge on any atom is 0.236 e. The molecule has 2 aliphatic rings. The molecule has 1 heterocycles. The van der Waals surface area contributed by atoms with Gasteiger partial charge < -0.3 is 15.0 Å². The van der Waals surface area contributed by atoms with Gasteiger partial charge >= 0.3 is 0 Å². The Morgan fingerprint density at radius 2 is 2.00 bits per heavy atom. The van der Waals surface area contributed by atoms with Crippen molar-refractivity contribution < 1.29 is 17.9 Å². The van der Waals surface area contributed by atoms with E-state index in [1.54, 1.807) is 12.0 Å². The molecule has 1 saturated carbocycles. The molecule has 0 aromatic carbocycles. The largest absolute Gasteiger partial charge is 0.380 e. The Bertz CT molecular complexity index is 583. The van der Waals surface area contributed by atoms with Gasteiger partial charge in [-0.1, -0.05) is 29.2 Å². The van der Waals surface area contributed by atoms with Crippen LogP contribution >= 0.6 is 34.2 Å². The lowest BCUT2D eigenvalue weighted by molar-refractivity contribution is -0.131. The number of carbonyl (C=O) groups excluding carboxylic acids is 1. The summed E-state index contributed by atoms with van der Waals surface area (Å²) in [5.74, 6) is -0.0245. The number of sulfonamides is 1. The van der Waals surface area contributed by atoms with Gasteiger partial charge in [0.25, 0.3) is 0 Å². The van der Waals surface area contributed by atoms with Gasteiger partial charge in [0.15, 0.2) is 0 Å². The molecule has 0 aromatic rings. The Morgan fingerprint density at radius 3 is 2.56 bits per heavy atom. The van der Waals surface area contributed by atoms with Crippen molar-refractivity contribution in [2.45, 2.75) is 34.3 Å². The number of ether oxygens (including phenoxy) is 1. The van der Waals surface area contributed by atoms with Crippen LogP contribution in [0.4, 0.5) is 0 Å². The highest BCUT2D eigenvalue weighted by Crippen LogP contribution is 2.31. The van der Waals surface area contributed by atoms with Crippen LogP contribution in [0.3, 0.4) is 0 Å². The van der Waals surface area contributed by atoms with Gasteiger partial charge in [-0.05, 0) is 12.8 Å². The average molecular weight is 506 g/mol. The number of piperazine rings is 1. The van der Waals surface area contributed by atoms with Crippen molar-refractivity contribution in [3.8, 4) is 0 Å². The van der Waals surface area contributed by atoms with E-state index in [0.29, 0.717) is 30.1 Å². The Balaban J connectivity index is 1.82. The maximum absolute atomic E-state index is 12.4. The van der Waals surface area contributed by atoms with Crippen LogP contribution in [0.15, 0.2) is 12.0 Å². The van der Waals surface area contributed by atoms with Gasteiger partial charge in [-0.15, -0.1) is 11.6 Å². The van der Waals surface area contributed by atoms with E-state index in [2.05, 4.69) is 34.5 Å². The van der Waals surface area contributed by atoms with Crippen LogP contribution in [0.25, 0.3) is 0 Å². The van der Waals surface area contributed by atoms with Crippen LogP contribution in [-0.4, -0.2) is 84.8 Å². The van der Waals surface area contributed by atoms with E-state index in [-0.39, 0.29) is 30.0 Å². The Morgan fingerprint density at radius 1 is 1.36 bits per heavy atom. The first-order chi connectivity index (χ1) is 11.8. The number of methoxy groups -OCH3 is 1. The third-order valence-corrected chi connectivity index (χ3v) is 8.55. The molecule has 1 saturated heterocycles. The number of halogens is 2. The van der Waals surface area contributed by atoms with Crippen LogP contribution < -0.4 is 5.32 Å². The van der Waals surface area contributed by atoms with Crippen molar-refractivity contribution in [2.75, 3.05) is 39.8 Å². The first-order valence-electron chi connectivity index (χ1n) is 8.23. The average Bonchev–Trinajstić information content (AvgIpc) is 2.62. The van der Waals surface area contributed by atoms with E-state index in [1.165, 1.54) is 4.31 Å². The fourth-order valence-corrected chi connectivity index (χ4v) is 5.18. The van der Waals surface area contributed by atoms with Crippen molar-refractivity contribution >= 4 is 50.1 Å². The van der Waals surface area contributed by atoms with Crippen LogP contribution in [-0.2, 0) is 19.6 Å². The van der Waals surface area contributed by atoms with Crippen molar-refractivity contribution in [2.24, 2.45) is 0 Å². The predicted molar refractivity (Wildman–Crippen MR) is 107 cm³/mol. The fourth-order valence-electron chi connectivity index (χ4n) is 3.18. The minimum atomic E-state index is -3.41. The molecule has 0 radical (unpaired) electrons. The Hall–Kier alpha value is 0.0600. The molecule has 144 valence electrons. The zero-order chi connectivity index (χ0) is 18.6. The highest BCUT2D eigenvalue weighted by atomic mass is 127. The number of carbonyl (C=O) groups is 1. The van der Waals surface area contributed by atoms with E-state index in [4.69, 9.17) is 16.3 Å². The van der Waals surface area contributed by atoms with E-state index >= 15 is 0 Å². The van der Waals surface area contributed by atoms with E-state index in [9.17, 15) is 13.2 Å². The molecule has 2 rings (SSSR count). The SMILES string of the molecule is C=CS(=O)(=O)N1CCN(C(=O)CNC2CC(I)C(Cl)CC2OC)CC1. The molecular weight excluding hydrogens is 481 g/mol. The summed E-state index contributed by atoms with van der Waals surface area (Å²) in [5.41, 5.74) is 0.